The van der Waals surface area contributed by atoms with E-state index in [1.54, 1.807) is 27.3 Å². The number of methoxy groups -OCH3 is 2. The molecule has 1 amide bonds. The lowest BCUT2D eigenvalue weighted by atomic mass is 10.1. The first-order chi connectivity index (χ1) is 10.7. The molecule has 23 heavy (non-hydrogen) atoms. The molecule has 0 spiro atoms. The second kappa shape index (κ2) is 8.61. The van der Waals surface area contributed by atoms with Crippen LogP contribution in [0.3, 0.4) is 0 Å². The summed E-state index contributed by atoms with van der Waals surface area (Å²) >= 11 is 0. The maximum atomic E-state index is 12.0. The zero-order valence-electron chi connectivity index (χ0n) is 13.4. The van der Waals surface area contributed by atoms with Gasteiger partial charge in [-0.05, 0) is 17.7 Å². The van der Waals surface area contributed by atoms with E-state index in [9.17, 15) is 18.0 Å². The van der Waals surface area contributed by atoms with Crippen LogP contribution in [0.4, 0.5) is 13.2 Å². The normalized spacial score (nSPS) is 12.6. The standard InChI is InChI=1S/C15H21F3N2O3/c1-20(9-14(21)19-10-15(16,17)18)7-6-11-4-5-12(22-2)13(8-11)23-3/h4-5,8H,6-7,9-10H2,1-3H3,(H,19,21)/p+1. The molecule has 0 fully saturated rings. The predicted molar refractivity (Wildman–Crippen MR) is 78.9 cm³/mol. The van der Waals surface area contributed by atoms with Crippen molar-refractivity contribution in [3.63, 3.8) is 0 Å². The fourth-order valence-electron chi connectivity index (χ4n) is 2.02. The number of carbonyl (C=O) groups is 1. The highest BCUT2D eigenvalue weighted by Crippen LogP contribution is 2.27. The number of carbonyl (C=O) groups excluding carboxylic acids is 1. The Morgan fingerprint density at radius 1 is 1.22 bits per heavy atom. The Hall–Kier alpha value is -1.96. The van der Waals surface area contributed by atoms with Crippen molar-refractivity contribution in [1.82, 2.24) is 5.32 Å². The van der Waals surface area contributed by atoms with E-state index in [1.807, 2.05) is 17.4 Å². The van der Waals surface area contributed by atoms with E-state index in [2.05, 4.69) is 0 Å². The summed E-state index contributed by atoms with van der Waals surface area (Å²) in [6.45, 7) is -0.701. The lowest BCUT2D eigenvalue weighted by Gasteiger charge is -2.15. The first-order valence-corrected chi connectivity index (χ1v) is 7.11. The molecule has 2 N–H and O–H groups in total. The van der Waals surface area contributed by atoms with Crippen molar-refractivity contribution in [3.8, 4) is 11.5 Å². The number of halogens is 3. The molecule has 1 aromatic carbocycles. The molecule has 0 aromatic heterocycles. The first kappa shape index (κ1) is 19.1. The van der Waals surface area contributed by atoms with Gasteiger partial charge >= 0.3 is 6.18 Å². The number of nitrogens with one attached hydrogen (secondary N) is 2. The highest BCUT2D eigenvalue weighted by molar-refractivity contribution is 5.76. The molecule has 0 aliphatic carbocycles. The summed E-state index contributed by atoms with van der Waals surface area (Å²) in [6, 6.07) is 5.52. The molecular weight excluding hydrogens is 313 g/mol. The average molecular weight is 335 g/mol. The van der Waals surface area contributed by atoms with E-state index < -0.39 is 18.6 Å². The minimum Gasteiger partial charge on any atom is -0.493 e. The Balaban J connectivity index is 2.44. The third kappa shape index (κ3) is 7.23. The molecule has 0 saturated heterocycles. The number of ether oxygens (including phenoxy) is 2. The molecule has 0 heterocycles. The van der Waals surface area contributed by atoms with Gasteiger partial charge in [-0.15, -0.1) is 0 Å². The van der Waals surface area contributed by atoms with E-state index in [1.165, 1.54) is 0 Å². The van der Waals surface area contributed by atoms with Crippen LogP contribution < -0.4 is 19.7 Å². The van der Waals surface area contributed by atoms with Crippen LogP contribution in [-0.2, 0) is 11.2 Å². The fraction of sp³-hybridized carbons (Fsp3) is 0.533. The number of quaternary nitrogens is 1. The van der Waals surface area contributed by atoms with Gasteiger partial charge in [0.15, 0.2) is 18.0 Å². The first-order valence-electron chi connectivity index (χ1n) is 7.11. The zero-order chi connectivity index (χ0) is 17.5. The molecule has 0 saturated carbocycles. The Kier molecular flexibility index (Phi) is 7.15. The average Bonchev–Trinajstić information content (AvgIpc) is 2.50. The molecular formula is C15H22F3N2O3+. The Labute approximate surface area is 133 Å². The molecule has 1 atom stereocenters. The lowest BCUT2D eigenvalue weighted by molar-refractivity contribution is -0.871. The van der Waals surface area contributed by atoms with E-state index in [4.69, 9.17) is 9.47 Å². The monoisotopic (exact) mass is 335 g/mol. The molecule has 0 aliphatic rings. The van der Waals surface area contributed by atoms with E-state index in [-0.39, 0.29) is 6.54 Å². The van der Waals surface area contributed by atoms with Gasteiger partial charge in [0.05, 0.1) is 27.8 Å². The van der Waals surface area contributed by atoms with E-state index in [0.29, 0.717) is 24.5 Å². The quantitative estimate of drug-likeness (QED) is 0.725. The van der Waals surface area contributed by atoms with Gasteiger partial charge in [-0.1, -0.05) is 6.07 Å². The van der Waals surface area contributed by atoms with Crippen molar-refractivity contribution >= 4 is 5.91 Å². The maximum absolute atomic E-state index is 12.0. The van der Waals surface area contributed by atoms with Gasteiger partial charge in [0.25, 0.3) is 5.91 Å². The third-order valence-corrected chi connectivity index (χ3v) is 3.24. The summed E-state index contributed by atoms with van der Waals surface area (Å²) in [7, 11) is 4.85. The van der Waals surface area contributed by atoms with Gasteiger partial charge < -0.3 is 19.7 Å². The minimum absolute atomic E-state index is 0.0105. The molecule has 1 unspecified atom stereocenters. The highest BCUT2D eigenvalue weighted by atomic mass is 19.4. The molecule has 0 aliphatic heterocycles. The number of hydrogen-bond donors (Lipinski definition) is 2. The number of likely N-dealkylation sites (N-methyl/N-ethyl adjacent to an activating group) is 1. The largest absolute Gasteiger partial charge is 0.493 e. The second-order valence-electron chi connectivity index (χ2n) is 5.22. The molecule has 5 nitrogen and oxygen atoms in total. The SMILES string of the molecule is COc1ccc(CC[NH+](C)CC(=O)NCC(F)(F)F)cc1OC. The Bertz CT molecular complexity index is 521. The number of benzene rings is 1. The summed E-state index contributed by atoms with van der Waals surface area (Å²) in [5.74, 6) is 0.626. The van der Waals surface area contributed by atoms with Crippen LogP contribution in [-0.4, -0.2) is 53.0 Å². The summed E-state index contributed by atoms with van der Waals surface area (Å²) in [6.07, 6.45) is -3.72. The highest BCUT2D eigenvalue weighted by Gasteiger charge is 2.28. The van der Waals surface area contributed by atoms with Crippen LogP contribution in [0.15, 0.2) is 18.2 Å². The van der Waals surface area contributed by atoms with Gasteiger partial charge in [-0.2, -0.15) is 13.2 Å². The molecule has 130 valence electrons. The zero-order valence-corrected chi connectivity index (χ0v) is 13.4. The van der Waals surface area contributed by atoms with E-state index >= 15 is 0 Å². The summed E-state index contributed by atoms with van der Waals surface area (Å²) in [4.78, 5) is 12.2. The maximum Gasteiger partial charge on any atom is 0.405 e. The van der Waals surface area contributed by atoms with Gasteiger partial charge in [-0.3, -0.25) is 4.79 Å². The van der Waals surface area contributed by atoms with Gasteiger partial charge in [0.1, 0.15) is 6.54 Å². The topological polar surface area (TPSA) is 52.0 Å². The van der Waals surface area contributed by atoms with Crippen molar-refractivity contribution in [2.75, 3.05) is 40.9 Å². The van der Waals surface area contributed by atoms with Crippen LogP contribution >= 0.6 is 0 Å². The van der Waals surface area contributed by atoms with Gasteiger partial charge in [0.2, 0.25) is 0 Å². The van der Waals surface area contributed by atoms with Gasteiger partial charge in [0, 0.05) is 6.42 Å². The van der Waals surface area contributed by atoms with Crippen LogP contribution in [0.1, 0.15) is 5.56 Å². The van der Waals surface area contributed by atoms with Crippen molar-refractivity contribution in [3.05, 3.63) is 23.8 Å². The number of rotatable bonds is 8. The summed E-state index contributed by atoms with van der Waals surface area (Å²) in [5, 5.41) is 1.86. The molecule has 0 radical (unpaired) electrons. The van der Waals surface area contributed by atoms with Crippen molar-refractivity contribution in [1.29, 1.82) is 0 Å². The van der Waals surface area contributed by atoms with E-state index in [0.717, 1.165) is 10.5 Å². The molecule has 0 bridgehead atoms. The van der Waals surface area contributed by atoms with Crippen molar-refractivity contribution < 1.29 is 32.3 Å². The minimum atomic E-state index is -4.39. The predicted octanol–water partition coefficient (Wildman–Crippen LogP) is 0.440. The fourth-order valence-corrected chi connectivity index (χ4v) is 2.02. The van der Waals surface area contributed by atoms with Crippen LogP contribution in [0.5, 0.6) is 11.5 Å². The molecule has 1 rings (SSSR count). The number of amides is 1. The van der Waals surface area contributed by atoms with Crippen LogP contribution in [0, 0.1) is 0 Å². The van der Waals surface area contributed by atoms with Crippen molar-refractivity contribution in [2.24, 2.45) is 0 Å². The number of alkyl halides is 3. The Morgan fingerprint density at radius 3 is 2.43 bits per heavy atom. The van der Waals surface area contributed by atoms with Crippen LogP contribution in [0.25, 0.3) is 0 Å². The molecule has 8 heteroatoms. The van der Waals surface area contributed by atoms with Crippen LogP contribution in [0.2, 0.25) is 0 Å². The summed E-state index contributed by atoms with van der Waals surface area (Å²) < 4.78 is 46.4. The number of hydrogen-bond acceptors (Lipinski definition) is 3. The third-order valence-electron chi connectivity index (χ3n) is 3.24. The Morgan fingerprint density at radius 2 is 1.87 bits per heavy atom. The smallest absolute Gasteiger partial charge is 0.405 e. The lowest BCUT2D eigenvalue weighted by Crippen LogP contribution is -3.10. The van der Waals surface area contributed by atoms with Crippen molar-refractivity contribution in [2.45, 2.75) is 12.6 Å². The molecule has 1 aromatic rings. The van der Waals surface area contributed by atoms with Gasteiger partial charge in [-0.25, -0.2) is 0 Å². The summed E-state index contributed by atoms with van der Waals surface area (Å²) in [5.41, 5.74) is 0.998. The second-order valence-corrected chi connectivity index (χ2v) is 5.22.